The fourth-order valence-electron chi connectivity index (χ4n) is 3.30. The van der Waals surface area contributed by atoms with Crippen molar-refractivity contribution in [1.29, 1.82) is 0 Å². The molecule has 1 aliphatic heterocycles. The zero-order valence-electron chi connectivity index (χ0n) is 15.4. The third-order valence-corrected chi connectivity index (χ3v) is 6.07. The summed E-state index contributed by atoms with van der Waals surface area (Å²) in [5, 5.41) is 0. The monoisotopic (exact) mass is 390 g/mol. The number of sulfonamides is 1. The number of benzene rings is 2. The van der Waals surface area contributed by atoms with Crippen molar-refractivity contribution < 1.29 is 17.6 Å². The number of halogens is 1. The Balaban J connectivity index is 1.86. The molecule has 0 aromatic heterocycles. The fourth-order valence-corrected chi connectivity index (χ4v) is 4.50. The number of carbonyl (C=O) groups excluding carboxylic acids is 1. The number of hydrogen-bond donors (Lipinski definition) is 1. The van der Waals surface area contributed by atoms with Gasteiger partial charge in [-0.3, -0.25) is 4.79 Å². The van der Waals surface area contributed by atoms with Crippen molar-refractivity contribution >= 4 is 21.6 Å². The minimum absolute atomic E-state index is 0.0627. The van der Waals surface area contributed by atoms with E-state index in [0.29, 0.717) is 13.0 Å². The Morgan fingerprint density at radius 3 is 2.48 bits per heavy atom. The van der Waals surface area contributed by atoms with Gasteiger partial charge in [0.1, 0.15) is 11.9 Å². The van der Waals surface area contributed by atoms with Gasteiger partial charge in [0.05, 0.1) is 4.90 Å². The van der Waals surface area contributed by atoms with Gasteiger partial charge in [-0.2, -0.15) is 4.72 Å². The van der Waals surface area contributed by atoms with Crippen LogP contribution in [0.4, 0.5) is 10.1 Å². The third-order valence-electron chi connectivity index (χ3n) is 4.58. The summed E-state index contributed by atoms with van der Waals surface area (Å²) < 4.78 is 41.0. The highest BCUT2D eigenvalue weighted by atomic mass is 32.2. The fraction of sp³-hybridized carbons (Fsp3) is 0.350. The maximum atomic E-state index is 13.1. The van der Waals surface area contributed by atoms with Crippen LogP contribution in [0.25, 0.3) is 0 Å². The van der Waals surface area contributed by atoms with Crippen LogP contribution in [-0.2, 0) is 21.2 Å². The number of nitrogens with zero attached hydrogens (tertiary/aromatic N) is 1. The maximum absolute atomic E-state index is 13.1. The molecule has 0 unspecified atom stereocenters. The summed E-state index contributed by atoms with van der Waals surface area (Å²) in [7, 11) is -3.94. The Morgan fingerprint density at radius 2 is 1.81 bits per heavy atom. The second-order valence-electron chi connectivity index (χ2n) is 7.13. The van der Waals surface area contributed by atoms with Gasteiger partial charge in [-0.1, -0.05) is 32.0 Å². The second kappa shape index (κ2) is 7.78. The summed E-state index contributed by atoms with van der Waals surface area (Å²) in [6.45, 7) is 4.40. The van der Waals surface area contributed by atoms with Crippen molar-refractivity contribution in [3.63, 3.8) is 0 Å². The lowest BCUT2D eigenvalue weighted by atomic mass is 10.0. The van der Waals surface area contributed by atoms with Crippen LogP contribution in [0.5, 0.6) is 0 Å². The number of para-hydroxylation sites is 1. The van der Waals surface area contributed by atoms with Crippen molar-refractivity contribution in [2.24, 2.45) is 5.92 Å². The van der Waals surface area contributed by atoms with Crippen LogP contribution in [0, 0.1) is 11.7 Å². The van der Waals surface area contributed by atoms with Gasteiger partial charge in [0.2, 0.25) is 15.9 Å². The summed E-state index contributed by atoms with van der Waals surface area (Å²) in [5.41, 5.74) is 1.91. The van der Waals surface area contributed by atoms with Gasteiger partial charge < -0.3 is 4.90 Å². The van der Waals surface area contributed by atoms with Crippen LogP contribution >= 0.6 is 0 Å². The minimum atomic E-state index is -3.94. The van der Waals surface area contributed by atoms with Crippen LogP contribution in [0.1, 0.15) is 25.8 Å². The highest BCUT2D eigenvalue weighted by molar-refractivity contribution is 7.89. The summed E-state index contributed by atoms with van der Waals surface area (Å²) in [6.07, 6.45) is 1.12. The van der Waals surface area contributed by atoms with Crippen molar-refractivity contribution in [2.75, 3.05) is 11.4 Å². The minimum Gasteiger partial charge on any atom is -0.310 e. The Morgan fingerprint density at radius 1 is 1.15 bits per heavy atom. The molecule has 144 valence electrons. The van der Waals surface area contributed by atoms with Crippen LogP contribution in [0.3, 0.4) is 0 Å². The molecule has 0 saturated heterocycles. The van der Waals surface area contributed by atoms with Crippen LogP contribution in [0.2, 0.25) is 0 Å². The summed E-state index contributed by atoms with van der Waals surface area (Å²) in [4.78, 5) is 14.7. The number of fused-ring (bicyclic) bond motifs is 1. The average molecular weight is 390 g/mol. The van der Waals surface area contributed by atoms with Crippen molar-refractivity contribution in [3.8, 4) is 0 Å². The molecule has 0 aliphatic carbocycles. The number of amides is 1. The molecule has 1 N–H and O–H groups in total. The first-order chi connectivity index (χ1) is 12.8. The molecule has 2 aromatic rings. The topological polar surface area (TPSA) is 66.5 Å². The molecule has 0 fully saturated rings. The van der Waals surface area contributed by atoms with E-state index < -0.39 is 21.9 Å². The molecule has 0 spiro atoms. The number of carbonyl (C=O) groups is 1. The quantitative estimate of drug-likeness (QED) is 0.824. The van der Waals surface area contributed by atoms with E-state index in [0.717, 1.165) is 29.8 Å². The molecule has 1 amide bonds. The van der Waals surface area contributed by atoms with Gasteiger partial charge >= 0.3 is 0 Å². The van der Waals surface area contributed by atoms with Crippen molar-refractivity contribution in [2.45, 2.75) is 37.6 Å². The molecule has 2 aromatic carbocycles. The second-order valence-corrected chi connectivity index (χ2v) is 8.84. The molecule has 1 heterocycles. The van der Waals surface area contributed by atoms with E-state index in [1.165, 1.54) is 12.1 Å². The third kappa shape index (κ3) is 4.36. The Bertz CT molecular complexity index is 926. The summed E-state index contributed by atoms with van der Waals surface area (Å²) in [5.74, 6) is -0.663. The average Bonchev–Trinajstić information content (AvgIpc) is 3.04. The van der Waals surface area contributed by atoms with E-state index >= 15 is 0 Å². The lowest BCUT2D eigenvalue weighted by Gasteiger charge is -2.26. The Labute approximate surface area is 159 Å². The number of hydrogen-bond acceptors (Lipinski definition) is 3. The predicted octanol–water partition coefficient (Wildman–Crippen LogP) is 3.11. The molecule has 0 saturated carbocycles. The number of rotatable bonds is 6. The zero-order chi connectivity index (χ0) is 19.6. The van der Waals surface area contributed by atoms with E-state index in [9.17, 15) is 17.6 Å². The molecule has 27 heavy (non-hydrogen) atoms. The summed E-state index contributed by atoms with van der Waals surface area (Å²) >= 11 is 0. The molecule has 5 nitrogen and oxygen atoms in total. The number of anilines is 1. The largest absolute Gasteiger partial charge is 0.310 e. The van der Waals surface area contributed by atoms with E-state index in [1.54, 1.807) is 4.90 Å². The molecular weight excluding hydrogens is 367 g/mol. The zero-order valence-corrected chi connectivity index (χ0v) is 16.2. The number of nitrogens with one attached hydrogen (secondary N) is 1. The predicted molar refractivity (Wildman–Crippen MR) is 102 cm³/mol. The Hall–Kier alpha value is -2.25. The van der Waals surface area contributed by atoms with Crippen LogP contribution in [0.15, 0.2) is 53.4 Å². The molecule has 1 aliphatic rings. The first-order valence-corrected chi connectivity index (χ1v) is 10.4. The van der Waals surface area contributed by atoms with Gasteiger partial charge in [0, 0.05) is 12.2 Å². The molecular formula is C20H23FN2O3S. The SMILES string of the molecule is CC(C)C[C@H](NS(=O)(=O)c1ccc(F)cc1)C(=O)N1CCc2ccccc21. The normalized spacial score (nSPS) is 15.0. The van der Waals surface area contributed by atoms with Crippen LogP contribution < -0.4 is 9.62 Å². The highest BCUT2D eigenvalue weighted by Gasteiger charge is 2.33. The van der Waals surface area contributed by atoms with E-state index in [4.69, 9.17) is 0 Å². The first-order valence-electron chi connectivity index (χ1n) is 8.95. The van der Waals surface area contributed by atoms with E-state index in [-0.39, 0.29) is 16.7 Å². The first kappa shape index (κ1) is 19.5. The summed E-state index contributed by atoms with van der Waals surface area (Å²) in [6, 6.07) is 11.3. The van der Waals surface area contributed by atoms with Crippen LogP contribution in [-0.4, -0.2) is 26.9 Å². The lowest BCUT2D eigenvalue weighted by molar-refractivity contribution is -0.120. The molecule has 3 rings (SSSR count). The van der Waals surface area contributed by atoms with Gasteiger partial charge in [0.15, 0.2) is 0 Å². The molecule has 1 atom stereocenters. The van der Waals surface area contributed by atoms with Gasteiger partial charge in [0.25, 0.3) is 0 Å². The molecule has 0 radical (unpaired) electrons. The standard InChI is InChI=1S/C20H23FN2O3S/c1-14(2)13-18(22-27(25,26)17-9-7-16(21)8-10-17)20(24)23-12-11-15-5-3-4-6-19(15)23/h3-10,14,18,22H,11-13H2,1-2H3/t18-/m0/s1. The van der Waals surface area contributed by atoms with Gasteiger partial charge in [-0.05, 0) is 54.7 Å². The van der Waals surface area contributed by atoms with Gasteiger partial charge in [-0.15, -0.1) is 0 Å². The van der Waals surface area contributed by atoms with Crippen molar-refractivity contribution in [3.05, 3.63) is 59.9 Å². The Kier molecular flexibility index (Phi) is 5.62. The molecule has 0 bridgehead atoms. The van der Waals surface area contributed by atoms with E-state index in [2.05, 4.69) is 4.72 Å². The lowest BCUT2D eigenvalue weighted by Crippen LogP contribution is -2.48. The highest BCUT2D eigenvalue weighted by Crippen LogP contribution is 2.29. The van der Waals surface area contributed by atoms with Gasteiger partial charge in [-0.25, -0.2) is 12.8 Å². The smallest absolute Gasteiger partial charge is 0.245 e. The maximum Gasteiger partial charge on any atom is 0.245 e. The van der Waals surface area contributed by atoms with Crippen molar-refractivity contribution in [1.82, 2.24) is 4.72 Å². The molecule has 7 heteroatoms. The van der Waals surface area contributed by atoms with E-state index in [1.807, 2.05) is 38.1 Å².